The molecule has 82 valence electrons. The highest BCUT2D eigenvalue weighted by Crippen LogP contribution is 2.15. The maximum atomic E-state index is 9.55. The molecule has 0 amide bonds. The lowest BCUT2D eigenvalue weighted by Gasteiger charge is -2.29. The molecule has 1 aromatic carbocycles. The van der Waals surface area contributed by atoms with Crippen molar-refractivity contribution in [3.8, 4) is 0 Å². The van der Waals surface area contributed by atoms with E-state index in [1.807, 2.05) is 0 Å². The van der Waals surface area contributed by atoms with Gasteiger partial charge in [0.1, 0.15) is 0 Å². The molecule has 1 saturated heterocycles. The van der Waals surface area contributed by atoms with Crippen molar-refractivity contribution in [3.63, 3.8) is 0 Å². The van der Waals surface area contributed by atoms with Crippen LogP contribution in [0.25, 0.3) is 0 Å². The molecule has 1 aromatic rings. The van der Waals surface area contributed by atoms with Crippen molar-refractivity contribution < 1.29 is 5.11 Å². The number of nitrogens with zero attached hydrogens (tertiary/aromatic N) is 1. The van der Waals surface area contributed by atoms with Gasteiger partial charge in [0.2, 0.25) is 0 Å². The first-order valence-corrected chi connectivity index (χ1v) is 6.18. The van der Waals surface area contributed by atoms with Gasteiger partial charge in [0.15, 0.2) is 0 Å². The van der Waals surface area contributed by atoms with Gasteiger partial charge in [-0.2, -0.15) is 0 Å². The lowest BCUT2D eigenvalue weighted by molar-refractivity contribution is 0.0668. The standard InChI is InChI=1S/C12H16BrNO/c13-11-5-3-10(4-6-11)8-14-7-1-2-12(15)9-14/h3-6,12,15H,1-2,7-9H2/t12-/m0/s1. The Bertz CT molecular complexity index is 312. The highest BCUT2D eigenvalue weighted by molar-refractivity contribution is 9.10. The number of benzene rings is 1. The first kappa shape index (κ1) is 11.1. The van der Waals surface area contributed by atoms with Crippen molar-refractivity contribution in [2.45, 2.75) is 25.5 Å². The van der Waals surface area contributed by atoms with Crippen LogP contribution in [-0.4, -0.2) is 29.2 Å². The Hall–Kier alpha value is -0.380. The van der Waals surface area contributed by atoms with Crippen molar-refractivity contribution >= 4 is 15.9 Å². The number of aliphatic hydroxyl groups is 1. The molecule has 15 heavy (non-hydrogen) atoms. The number of piperidine rings is 1. The van der Waals surface area contributed by atoms with Gasteiger partial charge in [-0.1, -0.05) is 28.1 Å². The SMILES string of the molecule is O[C@H]1CCCN(Cc2ccc(Br)cc2)C1. The summed E-state index contributed by atoms with van der Waals surface area (Å²) < 4.78 is 1.12. The molecule has 1 heterocycles. The van der Waals surface area contributed by atoms with E-state index in [0.717, 1.165) is 36.9 Å². The van der Waals surface area contributed by atoms with Crippen molar-refractivity contribution in [2.75, 3.05) is 13.1 Å². The van der Waals surface area contributed by atoms with Crippen LogP contribution < -0.4 is 0 Å². The minimum Gasteiger partial charge on any atom is -0.392 e. The predicted octanol–water partition coefficient (Wildman–Crippen LogP) is 2.41. The lowest BCUT2D eigenvalue weighted by atomic mass is 10.1. The second-order valence-electron chi connectivity index (χ2n) is 4.16. The van der Waals surface area contributed by atoms with Crippen LogP contribution in [0.1, 0.15) is 18.4 Å². The first-order chi connectivity index (χ1) is 7.24. The monoisotopic (exact) mass is 269 g/mol. The zero-order valence-electron chi connectivity index (χ0n) is 8.69. The number of hydrogen-bond acceptors (Lipinski definition) is 2. The number of halogens is 1. The summed E-state index contributed by atoms with van der Waals surface area (Å²) in [6.07, 6.45) is 1.93. The fraction of sp³-hybridized carbons (Fsp3) is 0.500. The molecule has 0 aliphatic carbocycles. The molecule has 0 unspecified atom stereocenters. The molecule has 1 aliphatic rings. The summed E-state index contributed by atoms with van der Waals surface area (Å²) in [6.45, 7) is 2.87. The van der Waals surface area contributed by atoms with E-state index in [1.165, 1.54) is 5.56 Å². The van der Waals surface area contributed by atoms with Crippen molar-refractivity contribution in [1.82, 2.24) is 4.90 Å². The maximum absolute atomic E-state index is 9.55. The number of rotatable bonds is 2. The summed E-state index contributed by atoms with van der Waals surface area (Å²) in [5.74, 6) is 0. The molecule has 1 fully saturated rings. The third kappa shape index (κ3) is 3.30. The molecule has 0 saturated carbocycles. The third-order valence-electron chi connectivity index (χ3n) is 2.80. The van der Waals surface area contributed by atoms with E-state index in [9.17, 15) is 5.11 Å². The average Bonchev–Trinajstić information content (AvgIpc) is 2.22. The van der Waals surface area contributed by atoms with Crippen LogP contribution in [-0.2, 0) is 6.54 Å². The van der Waals surface area contributed by atoms with Gasteiger partial charge in [0, 0.05) is 17.6 Å². The number of aliphatic hydroxyl groups excluding tert-OH is 1. The Morgan fingerprint density at radius 1 is 1.33 bits per heavy atom. The van der Waals surface area contributed by atoms with Gasteiger partial charge in [-0.3, -0.25) is 4.90 Å². The van der Waals surface area contributed by atoms with Crippen LogP contribution in [0.4, 0.5) is 0 Å². The number of hydrogen-bond donors (Lipinski definition) is 1. The second kappa shape index (κ2) is 5.10. The van der Waals surface area contributed by atoms with Gasteiger partial charge in [-0.05, 0) is 37.1 Å². The second-order valence-corrected chi connectivity index (χ2v) is 5.07. The van der Waals surface area contributed by atoms with Crippen LogP contribution in [0.2, 0.25) is 0 Å². The summed E-state index contributed by atoms with van der Waals surface area (Å²) in [5.41, 5.74) is 1.31. The highest BCUT2D eigenvalue weighted by atomic mass is 79.9. The Balaban J connectivity index is 1.93. The Morgan fingerprint density at radius 3 is 2.73 bits per heavy atom. The minimum absolute atomic E-state index is 0.130. The van der Waals surface area contributed by atoms with Gasteiger partial charge in [0.05, 0.1) is 6.10 Å². The van der Waals surface area contributed by atoms with Gasteiger partial charge in [-0.15, -0.1) is 0 Å². The largest absolute Gasteiger partial charge is 0.392 e. The Labute approximate surface area is 99.0 Å². The van der Waals surface area contributed by atoms with Crippen LogP contribution >= 0.6 is 15.9 Å². The topological polar surface area (TPSA) is 23.5 Å². The smallest absolute Gasteiger partial charge is 0.0667 e. The van der Waals surface area contributed by atoms with Crippen molar-refractivity contribution in [1.29, 1.82) is 0 Å². The Morgan fingerprint density at radius 2 is 2.07 bits per heavy atom. The fourth-order valence-corrected chi connectivity index (χ4v) is 2.29. The summed E-state index contributed by atoms with van der Waals surface area (Å²) in [7, 11) is 0. The number of likely N-dealkylation sites (tertiary alicyclic amines) is 1. The van der Waals surface area contributed by atoms with E-state index >= 15 is 0 Å². The molecule has 0 aromatic heterocycles. The van der Waals surface area contributed by atoms with E-state index < -0.39 is 0 Å². The Kier molecular flexibility index (Phi) is 3.78. The van der Waals surface area contributed by atoms with E-state index in [-0.39, 0.29) is 6.10 Å². The van der Waals surface area contributed by atoms with E-state index in [1.54, 1.807) is 0 Å². The molecule has 2 rings (SSSR count). The quantitative estimate of drug-likeness (QED) is 0.892. The zero-order chi connectivity index (χ0) is 10.7. The molecule has 2 nitrogen and oxygen atoms in total. The maximum Gasteiger partial charge on any atom is 0.0667 e. The summed E-state index contributed by atoms with van der Waals surface area (Å²) in [6, 6.07) is 8.39. The molecule has 0 radical (unpaired) electrons. The summed E-state index contributed by atoms with van der Waals surface area (Å²) >= 11 is 3.43. The molecular formula is C12H16BrNO. The zero-order valence-corrected chi connectivity index (χ0v) is 10.3. The molecular weight excluding hydrogens is 254 g/mol. The molecule has 3 heteroatoms. The predicted molar refractivity (Wildman–Crippen MR) is 64.7 cm³/mol. The van der Waals surface area contributed by atoms with E-state index in [4.69, 9.17) is 0 Å². The van der Waals surface area contributed by atoms with E-state index in [0.29, 0.717) is 0 Å². The fourth-order valence-electron chi connectivity index (χ4n) is 2.02. The molecule has 1 N–H and O–H groups in total. The van der Waals surface area contributed by atoms with Crippen LogP contribution in [0.15, 0.2) is 28.7 Å². The summed E-state index contributed by atoms with van der Waals surface area (Å²) in [5, 5.41) is 9.55. The normalized spacial score (nSPS) is 22.9. The van der Waals surface area contributed by atoms with Gasteiger partial charge >= 0.3 is 0 Å². The first-order valence-electron chi connectivity index (χ1n) is 5.39. The lowest BCUT2D eigenvalue weighted by Crippen LogP contribution is -2.37. The van der Waals surface area contributed by atoms with E-state index in [2.05, 4.69) is 45.1 Å². The van der Waals surface area contributed by atoms with Crippen LogP contribution in [0.3, 0.4) is 0 Å². The number of β-amino-alcohol motifs (C(OH)–C–C–N with tert-alkyl or cyclic N) is 1. The average molecular weight is 270 g/mol. The van der Waals surface area contributed by atoms with Gasteiger partial charge < -0.3 is 5.11 Å². The highest BCUT2D eigenvalue weighted by Gasteiger charge is 2.17. The van der Waals surface area contributed by atoms with Crippen LogP contribution in [0, 0.1) is 0 Å². The van der Waals surface area contributed by atoms with Crippen molar-refractivity contribution in [3.05, 3.63) is 34.3 Å². The third-order valence-corrected chi connectivity index (χ3v) is 3.33. The molecule has 1 aliphatic heterocycles. The molecule has 1 atom stereocenters. The minimum atomic E-state index is -0.130. The molecule has 0 spiro atoms. The van der Waals surface area contributed by atoms with Gasteiger partial charge in [0.25, 0.3) is 0 Å². The van der Waals surface area contributed by atoms with Gasteiger partial charge in [-0.25, -0.2) is 0 Å². The van der Waals surface area contributed by atoms with Crippen LogP contribution in [0.5, 0.6) is 0 Å². The molecule has 0 bridgehead atoms. The summed E-state index contributed by atoms with van der Waals surface area (Å²) in [4.78, 5) is 2.32. The van der Waals surface area contributed by atoms with Crippen molar-refractivity contribution in [2.24, 2.45) is 0 Å².